The van der Waals surface area contributed by atoms with Crippen molar-refractivity contribution in [2.45, 2.75) is 57.3 Å². The Morgan fingerprint density at radius 1 is 1.47 bits per heavy atom. The first kappa shape index (κ1) is 14.4. The lowest BCUT2D eigenvalue weighted by atomic mass is 9.98. The summed E-state index contributed by atoms with van der Waals surface area (Å²) in [5.74, 6) is -0.412. The second-order valence-corrected chi connectivity index (χ2v) is 4.78. The summed E-state index contributed by atoms with van der Waals surface area (Å²) in [7, 11) is 0. The zero-order valence-corrected chi connectivity index (χ0v) is 10.5. The molecule has 1 aliphatic rings. The van der Waals surface area contributed by atoms with Crippen molar-refractivity contribution in [2.24, 2.45) is 5.73 Å². The number of nitrogens with two attached hydrogens (primary N) is 1. The molecule has 4 N–H and O–H groups in total. The van der Waals surface area contributed by atoms with E-state index in [1.807, 2.05) is 0 Å². The highest BCUT2D eigenvalue weighted by Gasteiger charge is 2.16. The molecule has 0 aromatic carbocycles. The molecule has 100 valence electrons. The van der Waals surface area contributed by atoms with Crippen LogP contribution >= 0.6 is 0 Å². The molecule has 0 aliphatic heterocycles. The van der Waals surface area contributed by atoms with E-state index < -0.39 is 18.1 Å². The van der Waals surface area contributed by atoms with Crippen molar-refractivity contribution in [3.8, 4) is 0 Å². The van der Waals surface area contributed by atoms with Crippen LogP contribution in [0, 0.1) is 0 Å². The van der Waals surface area contributed by atoms with Gasteiger partial charge in [-0.1, -0.05) is 19.3 Å². The number of carbonyl (C=O) groups excluding carboxylic acids is 1. The van der Waals surface area contributed by atoms with E-state index in [0.29, 0.717) is 19.3 Å². The van der Waals surface area contributed by atoms with Crippen molar-refractivity contribution in [2.75, 3.05) is 13.2 Å². The van der Waals surface area contributed by atoms with Crippen LogP contribution in [0.5, 0.6) is 0 Å². The molecule has 2 unspecified atom stereocenters. The zero-order valence-electron chi connectivity index (χ0n) is 10.5. The predicted molar refractivity (Wildman–Crippen MR) is 65.5 cm³/mol. The van der Waals surface area contributed by atoms with Crippen LogP contribution in [0.4, 0.5) is 0 Å². The smallest absolute Gasteiger partial charge is 0.234 e. The summed E-state index contributed by atoms with van der Waals surface area (Å²) in [4.78, 5) is 10.8. The highest BCUT2D eigenvalue weighted by molar-refractivity contribution is 5.79. The van der Waals surface area contributed by atoms with Gasteiger partial charge in [-0.3, -0.25) is 4.79 Å². The van der Waals surface area contributed by atoms with E-state index in [1.165, 1.54) is 19.3 Å². The molecule has 1 amide bonds. The fourth-order valence-corrected chi connectivity index (χ4v) is 1.95. The molecule has 1 aliphatic carbocycles. The van der Waals surface area contributed by atoms with Crippen LogP contribution in [0.15, 0.2) is 0 Å². The average Bonchev–Trinajstić information content (AvgIpc) is 2.34. The zero-order chi connectivity index (χ0) is 12.7. The summed E-state index contributed by atoms with van der Waals surface area (Å²) in [5.41, 5.74) is 5.10. The van der Waals surface area contributed by atoms with E-state index in [4.69, 9.17) is 10.5 Å². The van der Waals surface area contributed by atoms with Crippen molar-refractivity contribution < 1.29 is 14.6 Å². The van der Waals surface area contributed by atoms with Gasteiger partial charge in [-0.15, -0.1) is 0 Å². The third-order valence-corrected chi connectivity index (χ3v) is 3.16. The summed E-state index contributed by atoms with van der Waals surface area (Å²) in [6.07, 6.45) is 5.64. The Bertz CT molecular complexity index is 230. The monoisotopic (exact) mass is 244 g/mol. The molecule has 17 heavy (non-hydrogen) atoms. The maximum atomic E-state index is 10.8. The molecule has 0 spiro atoms. The van der Waals surface area contributed by atoms with Crippen LogP contribution in [0.3, 0.4) is 0 Å². The molecule has 0 heterocycles. The first-order valence-electron chi connectivity index (χ1n) is 6.42. The van der Waals surface area contributed by atoms with Gasteiger partial charge in [0.15, 0.2) is 0 Å². The number of hydrogen-bond acceptors (Lipinski definition) is 4. The Balaban J connectivity index is 2.07. The number of nitrogens with one attached hydrogen (secondary N) is 1. The van der Waals surface area contributed by atoms with Gasteiger partial charge in [0.1, 0.15) is 0 Å². The van der Waals surface area contributed by atoms with Crippen LogP contribution in [0.2, 0.25) is 0 Å². The minimum absolute atomic E-state index is 0.298. The molecule has 2 atom stereocenters. The van der Waals surface area contributed by atoms with Gasteiger partial charge < -0.3 is 20.9 Å². The lowest BCUT2D eigenvalue weighted by molar-refractivity contribution is -0.119. The van der Waals surface area contributed by atoms with E-state index in [9.17, 15) is 9.90 Å². The second-order valence-electron chi connectivity index (χ2n) is 4.78. The molecule has 0 saturated heterocycles. The fourth-order valence-electron chi connectivity index (χ4n) is 1.95. The normalized spacial score (nSPS) is 21.1. The van der Waals surface area contributed by atoms with Gasteiger partial charge in [0, 0.05) is 6.54 Å². The number of hydrogen-bond donors (Lipinski definition) is 3. The number of amides is 1. The quantitative estimate of drug-likeness (QED) is 0.595. The first-order chi connectivity index (χ1) is 8.09. The molecular weight excluding hydrogens is 220 g/mol. The Hall–Kier alpha value is -0.650. The number of primary amides is 1. The molecule has 0 aromatic heterocycles. The molecule has 0 aromatic rings. The maximum Gasteiger partial charge on any atom is 0.234 e. The number of carbonyl (C=O) groups is 1. The van der Waals surface area contributed by atoms with Crippen molar-refractivity contribution in [3.63, 3.8) is 0 Å². The Morgan fingerprint density at radius 3 is 2.71 bits per heavy atom. The first-order valence-corrected chi connectivity index (χ1v) is 6.42. The van der Waals surface area contributed by atoms with Gasteiger partial charge in [0.05, 0.1) is 24.9 Å². The maximum absolute atomic E-state index is 10.8. The molecule has 0 bridgehead atoms. The lowest BCUT2D eigenvalue weighted by Crippen LogP contribution is -2.43. The van der Waals surface area contributed by atoms with Crippen molar-refractivity contribution >= 4 is 5.91 Å². The van der Waals surface area contributed by atoms with E-state index in [-0.39, 0.29) is 0 Å². The van der Waals surface area contributed by atoms with E-state index in [0.717, 1.165) is 12.8 Å². The molecule has 1 rings (SSSR count). The third kappa shape index (κ3) is 6.00. The highest BCUT2D eigenvalue weighted by Crippen LogP contribution is 2.20. The van der Waals surface area contributed by atoms with Gasteiger partial charge in [0.25, 0.3) is 0 Å². The molecule has 5 nitrogen and oxygen atoms in total. The standard InChI is InChI=1S/C12H24N2O3/c1-9(12(13)16)14-7-10(15)8-17-11-5-3-2-4-6-11/h9-11,14-15H,2-8H2,1H3,(H2,13,16). The van der Waals surface area contributed by atoms with E-state index in [2.05, 4.69) is 5.32 Å². The number of ether oxygens (including phenoxy) is 1. The Kier molecular flexibility index (Phi) is 6.47. The van der Waals surface area contributed by atoms with Crippen molar-refractivity contribution in [1.82, 2.24) is 5.32 Å². The van der Waals surface area contributed by atoms with Crippen molar-refractivity contribution in [1.29, 1.82) is 0 Å². The van der Waals surface area contributed by atoms with E-state index in [1.54, 1.807) is 6.92 Å². The SMILES string of the molecule is CC(NCC(O)COC1CCCCC1)C(N)=O. The molecule has 0 radical (unpaired) electrons. The van der Waals surface area contributed by atoms with Crippen LogP contribution in [-0.2, 0) is 9.53 Å². The van der Waals surface area contributed by atoms with Gasteiger partial charge in [0.2, 0.25) is 5.91 Å². The third-order valence-electron chi connectivity index (χ3n) is 3.16. The summed E-state index contributed by atoms with van der Waals surface area (Å²) >= 11 is 0. The van der Waals surface area contributed by atoms with Crippen LogP contribution in [0.25, 0.3) is 0 Å². The van der Waals surface area contributed by atoms with Gasteiger partial charge in [-0.05, 0) is 19.8 Å². The fraction of sp³-hybridized carbons (Fsp3) is 0.917. The van der Waals surface area contributed by atoms with E-state index >= 15 is 0 Å². The summed E-state index contributed by atoms with van der Waals surface area (Å²) < 4.78 is 5.63. The van der Waals surface area contributed by atoms with Gasteiger partial charge in [-0.2, -0.15) is 0 Å². The topological polar surface area (TPSA) is 84.6 Å². The largest absolute Gasteiger partial charge is 0.389 e. The highest BCUT2D eigenvalue weighted by atomic mass is 16.5. The van der Waals surface area contributed by atoms with Crippen LogP contribution < -0.4 is 11.1 Å². The summed E-state index contributed by atoms with van der Waals surface area (Å²) in [6, 6.07) is -0.417. The summed E-state index contributed by atoms with van der Waals surface area (Å²) in [6.45, 7) is 2.33. The second kappa shape index (κ2) is 7.63. The predicted octanol–water partition coefficient (Wildman–Crippen LogP) is 0.160. The molecule has 1 saturated carbocycles. The number of aliphatic hydroxyl groups excluding tert-OH is 1. The minimum Gasteiger partial charge on any atom is -0.389 e. The number of rotatable bonds is 7. The minimum atomic E-state index is -0.585. The van der Waals surface area contributed by atoms with Crippen LogP contribution in [-0.4, -0.2) is 42.4 Å². The van der Waals surface area contributed by atoms with Gasteiger partial charge in [-0.25, -0.2) is 0 Å². The average molecular weight is 244 g/mol. The lowest BCUT2D eigenvalue weighted by Gasteiger charge is -2.23. The van der Waals surface area contributed by atoms with Crippen molar-refractivity contribution in [3.05, 3.63) is 0 Å². The summed E-state index contributed by atoms with van der Waals surface area (Å²) in [5, 5.41) is 12.5. The Morgan fingerprint density at radius 2 is 2.12 bits per heavy atom. The van der Waals surface area contributed by atoms with Crippen LogP contribution in [0.1, 0.15) is 39.0 Å². The molecule has 1 fully saturated rings. The Labute approximate surface area is 103 Å². The van der Waals surface area contributed by atoms with Gasteiger partial charge >= 0.3 is 0 Å². The molecule has 5 heteroatoms. The number of aliphatic hydroxyl groups is 1. The molecular formula is C12H24N2O3.